The topological polar surface area (TPSA) is 71.2 Å². The Kier molecular flexibility index (Phi) is 5.19. The lowest BCUT2D eigenvalue weighted by Crippen LogP contribution is -2.26. The SMILES string of the molecule is CCNc1nc(N)c(C(=O)N(C)Cc2ccc(Br)cc2)s1. The maximum Gasteiger partial charge on any atom is 0.267 e. The summed E-state index contributed by atoms with van der Waals surface area (Å²) in [7, 11) is 1.76. The number of thiazole rings is 1. The van der Waals surface area contributed by atoms with E-state index in [0.717, 1.165) is 16.6 Å². The Hall–Kier alpha value is -1.60. The van der Waals surface area contributed by atoms with E-state index in [0.29, 0.717) is 16.6 Å². The highest BCUT2D eigenvalue weighted by atomic mass is 79.9. The van der Waals surface area contributed by atoms with Crippen LogP contribution < -0.4 is 11.1 Å². The average molecular weight is 369 g/mol. The molecule has 21 heavy (non-hydrogen) atoms. The van der Waals surface area contributed by atoms with Crippen LogP contribution in [0, 0.1) is 0 Å². The Balaban J connectivity index is 2.09. The standard InChI is InChI=1S/C14H17BrN4OS/c1-3-17-14-18-12(16)11(21-14)13(20)19(2)8-9-4-6-10(15)7-5-9/h4-7H,3,8,16H2,1-2H3,(H,17,18). The van der Waals surface area contributed by atoms with E-state index in [2.05, 4.69) is 26.2 Å². The summed E-state index contributed by atoms with van der Waals surface area (Å²) in [6.45, 7) is 3.24. The molecule has 0 saturated carbocycles. The molecule has 0 aliphatic heterocycles. The molecule has 2 rings (SSSR count). The average Bonchev–Trinajstić information content (AvgIpc) is 2.81. The first-order chi connectivity index (χ1) is 10.0. The van der Waals surface area contributed by atoms with Crippen molar-refractivity contribution in [2.45, 2.75) is 13.5 Å². The number of benzene rings is 1. The maximum atomic E-state index is 12.4. The quantitative estimate of drug-likeness (QED) is 0.849. The zero-order valence-electron chi connectivity index (χ0n) is 11.9. The van der Waals surface area contributed by atoms with Crippen LogP contribution in [-0.4, -0.2) is 29.4 Å². The Labute approximate surface area is 136 Å². The van der Waals surface area contributed by atoms with Gasteiger partial charge in [-0.3, -0.25) is 4.79 Å². The monoisotopic (exact) mass is 368 g/mol. The van der Waals surface area contributed by atoms with E-state index in [1.807, 2.05) is 31.2 Å². The Bertz CT molecular complexity index is 626. The third kappa shape index (κ3) is 3.95. The first kappa shape index (κ1) is 15.8. The van der Waals surface area contributed by atoms with Gasteiger partial charge in [0.2, 0.25) is 0 Å². The van der Waals surface area contributed by atoms with E-state index in [-0.39, 0.29) is 11.7 Å². The van der Waals surface area contributed by atoms with Gasteiger partial charge in [0, 0.05) is 24.6 Å². The molecule has 0 saturated heterocycles. The second-order valence-electron chi connectivity index (χ2n) is 4.55. The summed E-state index contributed by atoms with van der Waals surface area (Å²) in [5.74, 6) is 0.167. The van der Waals surface area contributed by atoms with Gasteiger partial charge < -0.3 is 16.0 Å². The summed E-state index contributed by atoms with van der Waals surface area (Å²) in [6, 6.07) is 7.87. The van der Waals surface area contributed by atoms with Crippen LogP contribution in [0.15, 0.2) is 28.7 Å². The lowest BCUT2D eigenvalue weighted by molar-refractivity contribution is 0.0790. The van der Waals surface area contributed by atoms with Crippen LogP contribution in [0.2, 0.25) is 0 Å². The van der Waals surface area contributed by atoms with Crippen molar-refractivity contribution in [2.24, 2.45) is 0 Å². The zero-order valence-corrected chi connectivity index (χ0v) is 14.3. The molecule has 1 heterocycles. The summed E-state index contributed by atoms with van der Waals surface area (Å²) >= 11 is 4.68. The molecule has 0 radical (unpaired) electrons. The van der Waals surface area contributed by atoms with Gasteiger partial charge in [-0.15, -0.1) is 0 Å². The number of nitrogens with two attached hydrogens (primary N) is 1. The number of carbonyl (C=O) groups is 1. The van der Waals surface area contributed by atoms with Gasteiger partial charge >= 0.3 is 0 Å². The largest absolute Gasteiger partial charge is 0.382 e. The van der Waals surface area contributed by atoms with E-state index in [1.54, 1.807) is 11.9 Å². The Morgan fingerprint density at radius 2 is 2.10 bits per heavy atom. The molecule has 1 amide bonds. The van der Waals surface area contributed by atoms with E-state index in [4.69, 9.17) is 5.73 Å². The van der Waals surface area contributed by atoms with Crippen molar-refractivity contribution in [3.8, 4) is 0 Å². The predicted molar refractivity (Wildman–Crippen MR) is 90.6 cm³/mol. The minimum Gasteiger partial charge on any atom is -0.382 e. The van der Waals surface area contributed by atoms with Gasteiger partial charge in [-0.1, -0.05) is 39.4 Å². The fourth-order valence-corrected chi connectivity index (χ4v) is 3.03. The van der Waals surface area contributed by atoms with Crippen molar-refractivity contribution in [1.29, 1.82) is 0 Å². The van der Waals surface area contributed by atoms with Crippen molar-refractivity contribution in [1.82, 2.24) is 9.88 Å². The van der Waals surface area contributed by atoms with Crippen molar-refractivity contribution in [2.75, 3.05) is 24.6 Å². The first-order valence-electron chi connectivity index (χ1n) is 6.51. The molecule has 0 bridgehead atoms. The van der Waals surface area contributed by atoms with Gasteiger partial charge in [0.15, 0.2) is 5.13 Å². The number of nitrogen functional groups attached to an aromatic ring is 1. The van der Waals surface area contributed by atoms with Crippen molar-refractivity contribution in [3.63, 3.8) is 0 Å². The number of hydrogen-bond donors (Lipinski definition) is 2. The number of nitrogens with one attached hydrogen (secondary N) is 1. The summed E-state index contributed by atoms with van der Waals surface area (Å²) in [5.41, 5.74) is 6.89. The molecule has 5 nitrogen and oxygen atoms in total. The summed E-state index contributed by atoms with van der Waals surface area (Å²) in [4.78, 5) is 18.7. The van der Waals surface area contributed by atoms with Crippen LogP contribution in [0.3, 0.4) is 0 Å². The number of anilines is 2. The normalized spacial score (nSPS) is 10.4. The van der Waals surface area contributed by atoms with Crippen molar-refractivity contribution < 1.29 is 4.79 Å². The fourth-order valence-electron chi connectivity index (χ4n) is 1.82. The van der Waals surface area contributed by atoms with Crippen LogP contribution in [0.1, 0.15) is 22.2 Å². The number of hydrogen-bond acceptors (Lipinski definition) is 5. The van der Waals surface area contributed by atoms with Crippen molar-refractivity contribution in [3.05, 3.63) is 39.2 Å². The molecular formula is C14H17BrN4OS. The fraction of sp³-hybridized carbons (Fsp3) is 0.286. The molecule has 0 aliphatic rings. The van der Waals surface area contributed by atoms with Crippen LogP contribution in [0.25, 0.3) is 0 Å². The predicted octanol–water partition coefficient (Wildman–Crippen LogP) is 3.19. The molecule has 2 aromatic rings. The van der Waals surface area contributed by atoms with E-state index in [9.17, 15) is 4.79 Å². The summed E-state index contributed by atoms with van der Waals surface area (Å²) in [5, 5.41) is 3.75. The number of aromatic nitrogens is 1. The molecular weight excluding hydrogens is 352 g/mol. The molecule has 0 unspecified atom stereocenters. The molecule has 7 heteroatoms. The lowest BCUT2D eigenvalue weighted by atomic mass is 10.2. The smallest absolute Gasteiger partial charge is 0.267 e. The molecule has 0 spiro atoms. The van der Waals surface area contributed by atoms with E-state index >= 15 is 0 Å². The molecule has 112 valence electrons. The molecule has 3 N–H and O–H groups in total. The van der Waals surface area contributed by atoms with Crippen molar-refractivity contribution >= 4 is 44.1 Å². The second kappa shape index (κ2) is 6.91. The minimum absolute atomic E-state index is 0.114. The number of nitrogens with zero attached hydrogens (tertiary/aromatic N) is 2. The molecule has 0 atom stereocenters. The number of rotatable bonds is 5. The minimum atomic E-state index is -0.114. The van der Waals surface area contributed by atoms with Gasteiger partial charge in [-0.05, 0) is 24.6 Å². The highest BCUT2D eigenvalue weighted by Gasteiger charge is 2.19. The number of halogens is 1. The van der Waals surface area contributed by atoms with Gasteiger partial charge in [0.05, 0.1) is 0 Å². The zero-order chi connectivity index (χ0) is 15.4. The lowest BCUT2D eigenvalue weighted by Gasteiger charge is -2.16. The highest BCUT2D eigenvalue weighted by molar-refractivity contribution is 9.10. The van der Waals surface area contributed by atoms with E-state index < -0.39 is 0 Å². The first-order valence-corrected chi connectivity index (χ1v) is 8.12. The van der Waals surface area contributed by atoms with Crippen LogP contribution in [0.4, 0.5) is 10.9 Å². The Morgan fingerprint density at radius 3 is 2.71 bits per heavy atom. The Morgan fingerprint density at radius 1 is 1.43 bits per heavy atom. The third-order valence-corrected chi connectivity index (χ3v) is 4.40. The van der Waals surface area contributed by atoms with Crippen LogP contribution in [0.5, 0.6) is 0 Å². The van der Waals surface area contributed by atoms with Gasteiger partial charge in [0.25, 0.3) is 5.91 Å². The molecule has 1 aromatic heterocycles. The second-order valence-corrected chi connectivity index (χ2v) is 6.47. The summed E-state index contributed by atoms with van der Waals surface area (Å²) in [6.07, 6.45) is 0. The number of amides is 1. The van der Waals surface area contributed by atoms with E-state index in [1.165, 1.54) is 11.3 Å². The molecule has 0 aliphatic carbocycles. The van der Waals surface area contributed by atoms with Gasteiger partial charge in [-0.2, -0.15) is 0 Å². The summed E-state index contributed by atoms with van der Waals surface area (Å²) < 4.78 is 1.02. The molecule has 0 fully saturated rings. The number of carbonyl (C=O) groups excluding carboxylic acids is 1. The van der Waals surface area contributed by atoms with Gasteiger partial charge in [-0.25, -0.2) is 4.98 Å². The van der Waals surface area contributed by atoms with Crippen LogP contribution in [-0.2, 0) is 6.54 Å². The third-order valence-electron chi connectivity index (χ3n) is 2.86. The maximum absolute atomic E-state index is 12.4. The highest BCUT2D eigenvalue weighted by Crippen LogP contribution is 2.26. The van der Waals surface area contributed by atoms with Gasteiger partial charge in [0.1, 0.15) is 10.7 Å². The molecule has 1 aromatic carbocycles. The van der Waals surface area contributed by atoms with Crippen LogP contribution >= 0.6 is 27.3 Å².